The van der Waals surface area contributed by atoms with E-state index in [1.165, 1.54) is 22.4 Å². The van der Waals surface area contributed by atoms with Crippen LogP contribution in [0.5, 0.6) is 0 Å². The van der Waals surface area contributed by atoms with Crippen LogP contribution in [-0.4, -0.2) is 73.0 Å². The van der Waals surface area contributed by atoms with Gasteiger partial charge in [0.05, 0.1) is 6.04 Å². The molecular weight excluding hydrogens is 581 g/mol. The summed E-state index contributed by atoms with van der Waals surface area (Å²) < 4.78 is 0. The predicted molar refractivity (Wildman–Crippen MR) is 175 cm³/mol. The maximum absolute atomic E-state index is 13.5. The summed E-state index contributed by atoms with van der Waals surface area (Å²) in [5.74, 6) is 0.323. The average Bonchev–Trinajstić information content (AvgIpc) is 3.42. The number of amides is 2. The second kappa shape index (κ2) is 14.6. The van der Waals surface area contributed by atoms with E-state index < -0.39 is 0 Å². The number of halogens is 2. The van der Waals surface area contributed by atoms with E-state index in [2.05, 4.69) is 75.0 Å². The van der Waals surface area contributed by atoms with Crippen molar-refractivity contribution in [2.75, 3.05) is 44.2 Å². The third-order valence-electron chi connectivity index (χ3n) is 8.86. The number of nitrogens with one attached hydrogen (secondary N) is 2. The highest BCUT2D eigenvalue weighted by Crippen LogP contribution is 2.25. The molecule has 0 aromatic heterocycles. The molecule has 0 spiro atoms. The van der Waals surface area contributed by atoms with Crippen LogP contribution in [0.2, 0.25) is 5.02 Å². The average molecular weight is 623 g/mol. The monoisotopic (exact) mass is 621 g/mol. The summed E-state index contributed by atoms with van der Waals surface area (Å²) in [7, 11) is 0. The number of fused-ring (bicyclic) bond motifs is 1. The Morgan fingerprint density at radius 1 is 0.930 bits per heavy atom. The largest absolute Gasteiger partial charge is 0.369 e. The van der Waals surface area contributed by atoms with Crippen molar-refractivity contribution in [3.63, 3.8) is 0 Å². The third-order valence-corrected chi connectivity index (χ3v) is 9.11. The summed E-state index contributed by atoms with van der Waals surface area (Å²) in [6.07, 6.45) is 3.08. The van der Waals surface area contributed by atoms with Crippen molar-refractivity contribution >= 4 is 41.5 Å². The Hall–Kier alpha value is -3.10. The Morgan fingerprint density at radius 3 is 2.40 bits per heavy atom. The molecule has 3 aromatic rings. The SMILES string of the molecule is Cl.O=C(N[C@@H](Cc1ccc(Cl)cc1)CN1CCN(c2ccccc2CN2CCCC2=O)CC1)[C@@H]1Cc2ccccc2CN1. The predicted octanol–water partition coefficient (Wildman–Crippen LogP) is 4.45. The molecule has 2 amide bonds. The van der Waals surface area contributed by atoms with Crippen molar-refractivity contribution in [2.24, 2.45) is 0 Å². The van der Waals surface area contributed by atoms with E-state index in [4.69, 9.17) is 11.6 Å². The lowest BCUT2D eigenvalue weighted by atomic mass is 9.95. The first-order valence-electron chi connectivity index (χ1n) is 15.2. The van der Waals surface area contributed by atoms with Gasteiger partial charge in [-0.1, -0.05) is 66.2 Å². The van der Waals surface area contributed by atoms with E-state index >= 15 is 0 Å². The molecule has 2 fully saturated rings. The molecule has 2 saturated heterocycles. The van der Waals surface area contributed by atoms with Gasteiger partial charge in [0, 0.05) is 75.5 Å². The number of carbonyl (C=O) groups is 2. The molecule has 9 heteroatoms. The standard InChI is InChI=1S/C34H40ClN5O2.ClH/c35-29-13-11-25(12-14-29)20-30(37-34(42)31-21-26-6-1-2-7-27(26)22-36-31)24-38-16-18-39(19-17-38)32-9-4-3-8-28(32)23-40-15-5-10-33(40)41;/h1-4,6-9,11-14,30-31,36H,5,10,15-24H2,(H,37,42);1H/t30-,31-;/m0./s1. The Balaban J connectivity index is 0.00000368. The number of piperazine rings is 1. The number of benzene rings is 3. The van der Waals surface area contributed by atoms with Gasteiger partial charge in [-0.3, -0.25) is 14.5 Å². The Labute approximate surface area is 266 Å². The van der Waals surface area contributed by atoms with Crippen molar-refractivity contribution in [2.45, 2.75) is 50.9 Å². The van der Waals surface area contributed by atoms with Crippen LogP contribution in [0.1, 0.15) is 35.1 Å². The van der Waals surface area contributed by atoms with Crippen molar-refractivity contribution < 1.29 is 9.59 Å². The summed E-state index contributed by atoms with van der Waals surface area (Å²) in [5, 5.41) is 7.55. The molecule has 0 aliphatic carbocycles. The highest BCUT2D eigenvalue weighted by molar-refractivity contribution is 6.30. The lowest BCUT2D eigenvalue weighted by Crippen LogP contribution is -2.55. The van der Waals surface area contributed by atoms with Gasteiger partial charge < -0.3 is 20.4 Å². The minimum atomic E-state index is -0.233. The summed E-state index contributed by atoms with van der Waals surface area (Å²) in [6.45, 7) is 6.69. The molecule has 0 radical (unpaired) electrons. The number of anilines is 1. The van der Waals surface area contributed by atoms with E-state index in [1.807, 2.05) is 23.1 Å². The molecule has 7 nitrogen and oxygen atoms in total. The minimum Gasteiger partial charge on any atom is -0.369 e. The van der Waals surface area contributed by atoms with Crippen LogP contribution in [-0.2, 0) is 35.5 Å². The molecule has 0 saturated carbocycles. The smallest absolute Gasteiger partial charge is 0.237 e. The van der Waals surface area contributed by atoms with Crippen molar-refractivity contribution in [3.8, 4) is 0 Å². The van der Waals surface area contributed by atoms with E-state index in [0.29, 0.717) is 25.9 Å². The van der Waals surface area contributed by atoms with Crippen LogP contribution in [0.15, 0.2) is 72.8 Å². The van der Waals surface area contributed by atoms with Crippen molar-refractivity contribution in [1.82, 2.24) is 20.4 Å². The molecule has 2 N–H and O–H groups in total. The van der Waals surface area contributed by atoms with Gasteiger partial charge in [0.25, 0.3) is 0 Å². The zero-order chi connectivity index (χ0) is 28.9. The Morgan fingerprint density at radius 2 is 1.65 bits per heavy atom. The number of rotatable bonds is 9. The van der Waals surface area contributed by atoms with Crippen LogP contribution in [0.25, 0.3) is 0 Å². The number of nitrogens with zero attached hydrogens (tertiary/aromatic N) is 3. The number of likely N-dealkylation sites (tertiary alicyclic amines) is 1. The van der Waals surface area contributed by atoms with Gasteiger partial charge in [-0.2, -0.15) is 0 Å². The maximum Gasteiger partial charge on any atom is 0.237 e. The van der Waals surface area contributed by atoms with Gasteiger partial charge in [0.1, 0.15) is 0 Å². The molecule has 6 rings (SSSR count). The molecule has 2 atom stereocenters. The lowest BCUT2D eigenvalue weighted by Gasteiger charge is -2.39. The van der Waals surface area contributed by atoms with Gasteiger partial charge in [0.2, 0.25) is 11.8 Å². The number of para-hydroxylation sites is 1. The van der Waals surface area contributed by atoms with Gasteiger partial charge in [-0.05, 0) is 59.7 Å². The lowest BCUT2D eigenvalue weighted by molar-refractivity contribution is -0.128. The van der Waals surface area contributed by atoms with Gasteiger partial charge in [0.15, 0.2) is 0 Å². The molecule has 0 unspecified atom stereocenters. The fourth-order valence-corrected chi connectivity index (χ4v) is 6.65. The first-order valence-corrected chi connectivity index (χ1v) is 15.6. The van der Waals surface area contributed by atoms with E-state index in [0.717, 1.165) is 62.7 Å². The topological polar surface area (TPSA) is 67.9 Å². The molecule has 3 heterocycles. The minimum absolute atomic E-state index is 0. The van der Waals surface area contributed by atoms with Crippen molar-refractivity contribution in [3.05, 3.63) is 100 Å². The van der Waals surface area contributed by atoms with Gasteiger partial charge >= 0.3 is 0 Å². The Kier molecular flexibility index (Phi) is 10.6. The molecular formula is C34H41Cl2N5O2. The number of hydrogen-bond acceptors (Lipinski definition) is 5. The fourth-order valence-electron chi connectivity index (χ4n) is 6.52. The molecule has 0 bridgehead atoms. The number of hydrogen-bond donors (Lipinski definition) is 2. The zero-order valence-corrected chi connectivity index (χ0v) is 26.1. The first-order chi connectivity index (χ1) is 20.5. The van der Waals surface area contributed by atoms with Crippen molar-refractivity contribution in [1.29, 1.82) is 0 Å². The normalized spacial score (nSPS) is 19.5. The molecule has 3 aromatic carbocycles. The summed E-state index contributed by atoms with van der Waals surface area (Å²) >= 11 is 6.15. The summed E-state index contributed by atoms with van der Waals surface area (Å²) in [6, 6.07) is 24.5. The second-order valence-electron chi connectivity index (χ2n) is 11.8. The van der Waals surface area contributed by atoms with Crippen LogP contribution < -0.4 is 15.5 Å². The van der Waals surface area contributed by atoms with Crippen LogP contribution >= 0.6 is 24.0 Å². The van der Waals surface area contributed by atoms with E-state index in [1.54, 1.807) is 0 Å². The molecule has 3 aliphatic heterocycles. The molecule has 228 valence electrons. The molecule has 3 aliphatic rings. The third kappa shape index (κ3) is 7.90. The maximum atomic E-state index is 13.5. The van der Waals surface area contributed by atoms with Gasteiger partial charge in [-0.25, -0.2) is 0 Å². The van der Waals surface area contributed by atoms with Crippen LogP contribution in [0.3, 0.4) is 0 Å². The fraction of sp³-hybridized carbons (Fsp3) is 0.412. The van der Waals surface area contributed by atoms with E-state index in [-0.39, 0.29) is 36.3 Å². The molecule has 43 heavy (non-hydrogen) atoms. The number of carbonyl (C=O) groups excluding carboxylic acids is 2. The highest BCUT2D eigenvalue weighted by Gasteiger charge is 2.28. The zero-order valence-electron chi connectivity index (χ0n) is 24.5. The second-order valence-corrected chi connectivity index (χ2v) is 12.2. The Bertz CT molecular complexity index is 1390. The van der Waals surface area contributed by atoms with Gasteiger partial charge in [-0.15, -0.1) is 12.4 Å². The van der Waals surface area contributed by atoms with Crippen LogP contribution in [0.4, 0.5) is 5.69 Å². The summed E-state index contributed by atoms with van der Waals surface area (Å²) in [4.78, 5) is 32.6. The quantitative estimate of drug-likeness (QED) is 0.370. The van der Waals surface area contributed by atoms with Crippen LogP contribution in [0, 0.1) is 0 Å². The highest BCUT2D eigenvalue weighted by atomic mass is 35.5. The van der Waals surface area contributed by atoms with E-state index in [9.17, 15) is 9.59 Å². The first kappa shape index (κ1) is 31.3. The summed E-state index contributed by atoms with van der Waals surface area (Å²) in [5.41, 5.74) is 6.12.